The van der Waals surface area contributed by atoms with Crippen LogP contribution in [0.2, 0.25) is 0 Å². The van der Waals surface area contributed by atoms with Crippen molar-refractivity contribution in [3.63, 3.8) is 0 Å². The van der Waals surface area contributed by atoms with Crippen molar-refractivity contribution in [3.05, 3.63) is 29.6 Å². The minimum atomic E-state index is 0.0462. The summed E-state index contributed by atoms with van der Waals surface area (Å²) in [4.78, 5) is 18.6. The summed E-state index contributed by atoms with van der Waals surface area (Å²) in [5, 5.41) is 3.29. The Hall–Kier alpha value is -1.42. The second kappa shape index (κ2) is 5.27. The zero-order chi connectivity index (χ0) is 12.3. The maximum absolute atomic E-state index is 12.4. The Morgan fingerprint density at radius 1 is 1.59 bits per heavy atom. The summed E-state index contributed by atoms with van der Waals surface area (Å²) in [7, 11) is 0. The van der Waals surface area contributed by atoms with Crippen LogP contribution < -0.4 is 5.32 Å². The second-order valence-corrected chi connectivity index (χ2v) is 4.40. The fraction of sp³-hybridized carbons (Fsp3) is 0.538. The number of likely N-dealkylation sites (N-methyl/N-ethyl adjacent to an activating group) is 1. The quantitative estimate of drug-likeness (QED) is 0.853. The van der Waals surface area contributed by atoms with Crippen LogP contribution in [0.4, 0.5) is 0 Å². The van der Waals surface area contributed by atoms with Gasteiger partial charge in [-0.25, -0.2) is 4.98 Å². The molecule has 1 aliphatic heterocycles. The first-order valence-corrected chi connectivity index (χ1v) is 6.17. The monoisotopic (exact) mass is 233 g/mol. The summed E-state index contributed by atoms with van der Waals surface area (Å²) in [5.74, 6) is 0.0462. The van der Waals surface area contributed by atoms with Crippen molar-refractivity contribution in [3.8, 4) is 0 Å². The predicted octanol–water partition coefficient (Wildman–Crippen LogP) is 1.21. The number of nitrogens with one attached hydrogen (secondary N) is 1. The van der Waals surface area contributed by atoms with Crippen LogP contribution in [0.1, 0.15) is 29.5 Å². The Morgan fingerprint density at radius 3 is 3.00 bits per heavy atom. The molecule has 1 aliphatic rings. The number of carbonyl (C=O) groups excluding carboxylic acids is 1. The van der Waals surface area contributed by atoms with E-state index < -0.39 is 0 Å². The Labute approximate surface area is 102 Å². The maximum atomic E-state index is 12.4. The van der Waals surface area contributed by atoms with E-state index in [9.17, 15) is 4.79 Å². The summed E-state index contributed by atoms with van der Waals surface area (Å²) in [6.45, 7) is 6.55. The lowest BCUT2D eigenvalue weighted by Crippen LogP contribution is -2.41. The molecule has 1 amide bonds. The van der Waals surface area contributed by atoms with Gasteiger partial charge in [0.2, 0.25) is 0 Å². The summed E-state index contributed by atoms with van der Waals surface area (Å²) < 4.78 is 0. The van der Waals surface area contributed by atoms with Crippen LogP contribution in [0.15, 0.2) is 18.2 Å². The Bertz CT molecular complexity index is 399. The van der Waals surface area contributed by atoms with Crippen molar-refractivity contribution in [2.45, 2.75) is 26.3 Å². The lowest BCUT2D eigenvalue weighted by Gasteiger charge is -2.26. The highest BCUT2D eigenvalue weighted by atomic mass is 16.2. The van der Waals surface area contributed by atoms with E-state index in [-0.39, 0.29) is 5.91 Å². The number of rotatable bonds is 3. The van der Waals surface area contributed by atoms with Gasteiger partial charge in [-0.05, 0) is 38.9 Å². The number of aromatic nitrogens is 1. The third kappa shape index (κ3) is 2.64. The molecule has 92 valence electrons. The molecule has 1 fully saturated rings. The molecule has 2 rings (SSSR count). The van der Waals surface area contributed by atoms with Gasteiger partial charge in [0.25, 0.3) is 5.91 Å². The molecular formula is C13H19N3O. The van der Waals surface area contributed by atoms with Gasteiger partial charge < -0.3 is 10.2 Å². The molecule has 4 heteroatoms. The van der Waals surface area contributed by atoms with Crippen molar-refractivity contribution in [1.29, 1.82) is 0 Å². The van der Waals surface area contributed by atoms with Crippen LogP contribution in [0.5, 0.6) is 0 Å². The van der Waals surface area contributed by atoms with Gasteiger partial charge in [0.05, 0.1) is 0 Å². The zero-order valence-corrected chi connectivity index (χ0v) is 10.4. The molecule has 1 aromatic rings. The van der Waals surface area contributed by atoms with E-state index in [0.29, 0.717) is 11.7 Å². The molecule has 17 heavy (non-hydrogen) atoms. The number of nitrogens with zero attached hydrogens (tertiary/aromatic N) is 2. The average molecular weight is 233 g/mol. The normalized spacial score (nSPS) is 19.3. The van der Waals surface area contributed by atoms with Gasteiger partial charge in [-0.2, -0.15) is 0 Å². The minimum Gasteiger partial charge on any atom is -0.333 e. The molecule has 1 aromatic heterocycles. The van der Waals surface area contributed by atoms with Crippen LogP contribution in [-0.2, 0) is 0 Å². The number of amides is 1. The summed E-state index contributed by atoms with van der Waals surface area (Å²) in [6, 6.07) is 5.90. The number of pyridine rings is 1. The van der Waals surface area contributed by atoms with E-state index in [1.54, 1.807) is 6.07 Å². The third-order valence-corrected chi connectivity index (χ3v) is 3.18. The predicted molar refractivity (Wildman–Crippen MR) is 67.0 cm³/mol. The molecule has 1 unspecified atom stereocenters. The van der Waals surface area contributed by atoms with Gasteiger partial charge in [-0.15, -0.1) is 0 Å². The largest absolute Gasteiger partial charge is 0.333 e. The molecule has 4 nitrogen and oxygen atoms in total. The Morgan fingerprint density at radius 2 is 2.41 bits per heavy atom. The topological polar surface area (TPSA) is 45.2 Å². The van der Waals surface area contributed by atoms with Crippen LogP contribution >= 0.6 is 0 Å². The van der Waals surface area contributed by atoms with Gasteiger partial charge >= 0.3 is 0 Å². The minimum absolute atomic E-state index is 0.0462. The summed E-state index contributed by atoms with van der Waals surface area (Å²) >= 11 is 0. The number of aryl methyl sites for hydroxylation is 1. The molecule has 0 bridgehead atoms. The van der Waals surface area contributed by atoms with Crippen molar-refractivity contribution in [2.24, 2.45) is 0 Å². The van der Waals surface area contributed by atoms with Gasteiger partial charge in [0.15, 0.2) is 0 Å². The lowest BCUT2D eigenvalue weighted by molar-refractivity contribution is 0.0697. The standard InChI is InChI=1S/C13H19N3O/c1-3-16(11-7-8-14-9-11)13(17)12-6-4-5-10(2)15-12/h4-6,11,14H,3,7-9H2,1-2H3. The highest BCUT2D eigenvalue weighted by molar-refractivity contribution is 5.92. The summed E-state index contributed by atoms with van der Waals surface area (Å²) in [6.07, 6.45) is 1.03. The van der Waals surface area contributed by atoms with Gasteiger partial charge in [0, 0.05) is 24.8 Å². The molecule has 0 spiro atoms. The first kappa shape index (κ1) is 12.0. The van der Waals surface area contributed by atoms with Crippen LogP contribution in [0, 0.1) is 6.92 Å². The van der Waals surface area contributed by atoms with Crippen molar-refractivity contribution < 1.29 is 4.79 Å². The third-order valence-electron chi connectivity index (χ3n) is 3.18. The lowest BCUT2D eigenvalue weighted by atomic mass is 10.2. The van der Waals surface area contributed by atoms with Gasteiger partial charge in [-0.1, -0.05) is 6.07 Å². The van der Waals surface area contributed by atoms with E-state index in [1.165, 1.54) is 0 Å². The molecule has 1 N–H and O–H groups in total. The van der Waals surface area contributed by atoms with Crippen molar-refractivity contribution in [1.82, 2.24) is 15.2 Å². The van der Waals surface area contributed by atoms with Crippen LogP contribution in [0.25, 0.3) is 0 Å². The maximum Gasteiger partial charge on any atom is 0.272 e. The van der Waals surface area contributed by atoms with Crippen LogP contribution in [-0.4, -0.2) is 41.5 Å². The fourth-order valence-corrected chi connectivity index (χ4v) is 2.28. The molecule has 0 aliphatic carbocycles. The van der Waals surface area contributed by atoms with E-state index >= 15 is 0 Å². The number of carbonyl (C=O) groups is 1. The molecule has 0 aromatic carbocycles. The van der Waals surface area contributed by atoms with E-state index in [4.69, 9.17) is 0 Å². The first-order chi connectivity index (χ1) is 8.22. The smallest absolute Gasteiger partial charge is 0.272 e. The molecular weight excluding hydrogens is 214 g/mol. The fourth-order valence-electron chi connectivity index (χ4n) is 2.28. The average Bonchev–Trinajstić information content (AvgIpc) is 2.83. The number of hydrogen-bond acceptors (Lipinski definition) is 3. The highest BCUT2D eigenvalue weighted by Crippen LogP contribution is 2.12. The van der Waals surface area contributed by atoms with E-state index in [2.05, 4.69) is 10.3 Å². The molecule has 1 atom stereocenters. The number of hydrogen-bond donors (Lipinski definition) is 1. The second-order valence-electron chi connectivity index (χ2n) is 4.40. The Kier molecular flexibility index (Phi) is 3.74. The van der Waals surface area contributed by atoms with Gasteiger partial charge in [0.1, 0.15) is 5.69 Å². The highest BCUT2D eigenvalue weighted by Gasteiger charge is 2.26. The zero-order valence-electron chi connectivity index (χ0n) is 10.4. The first-order valence-electron chi connectivity index (χ1n) is 6.17. The molecule has 2 heterocycles. The van der Waals surface area contributed by atoms with Crippen molar-refractivity contribution >= 4 is 5.91 Å². The van der Waals surface area contributed by atoms with Gasteiger partial charge in [-0.3, -0.25) is 4.79 Å². The molecule has 0 radical (unpaired) electrons. The van der Waals surface area contributed by atoms with Crippen LogP contribution in [0.3, 0.4) is 0 Å². The molecule has 1 saturated heterocycles. The van der Waals surface area contributed by atoms with Crippen molar-refractivity contribution in [2.75, 3.05) is 19.6 Å². The van der Waals surface area contributed by atoms with E-state index in [1.807, 2.05) is 30.9 Å². The summed E-state index contributed by atoms with van der Waals surface area (Å²) in [5.41, 5.74) is 1.44. The Balaban J connectivity index is 2.16. The van der Waals surface area contributed by atoms with E-state index in [0.717, 1.165) is 31.7 Å². The molecule has 0 saturated carbocycles. The SMILES string of the molecule is CCN(C(=O)c1cccc(C)n1)C1CCNC1.